The zero-order chi connectivity index (χ0) is 20.3. The van der Waals surface area contributed by atoms with Crippen molar-refractivity contribution in [3.8, 4) is 11.1 Å². The highest BCUT2D eigenvalue weighted by molar-refractivity contribution is 5.95. The molecular formula is C22H23FN2O3. The van der Waals surface area contributed by atoms with E-state index in [0.717, 1.165) is 22.1 Å². The summed E-state index contributed by atoms with van der Waals surface area (Å²) in [5.41, 5.74) is 2.58. The first-order valence-electron chi connectivity index (χ1n) is 9.37. The molecule has 0 spiro atoms. The number of carbonyl (C=O) groups is 1. The van der Waals surface area contributed by atoms with Gasteiger partial charge in [-0.25, -0.2) is 9.59 Å². The maximum atomic E-state index is 14.5. The normalized spacial score (nSPS) is 11.0. The van der Waals surface area contributed by atoms with Crippen LogP contribution in [0, 0.1) is 5.95 Å². The van der Waals surface area contributed by atoms with Crippen molar-refractivity contribution in [3.05, 3.63) is 81.8 Å². The molecule has 1 heterocycles. The topological polar surface area (TPSA) is 64.2 Å². The van der Waals surface area contributed by atoms with Gasteiger partial charge in [0.1, 0.15) is 0 Å². The number of carboxylic acid groups (broad SMARTS) is 1. The van der Waals surface area contributed by atoms with Gasteiger partial charge in [0.25, 0.3) is 0 Å². The van der Waals surface area contributed by atoms with Crippen molar-refractivity contribution in [2.75, 3.05) is 0 Å². The lowest BCUT2D eigenvalue weighted by Gasteiger charge is -2.09. The second-order valence-electron chi connectivity index (χ2n) is 6.65. The Balaban J connectivity index is 1.95. The number of aromatic nitrogens is 2. The summed E-state index contributed by atoms with van der Waals surface area (Å²) in [5, 5.41) is 9.36. The van der Waals surface area contributed by atoms with Crippen LogP contribution in [0.4, 0.5) is 4.39 Å². The number of hydrogen-bond acceptors (Lipinski definition) is 2. The Morgan fingerprint density at radius 1 is 1.04 bits per heavy atom. The Hall–Kier alpha value is -3.15. The van der Waals surface area contributed by atoms with Gasteiger partial charge < -0.3 is 5.11 Å². The SMILES string of the molecule is CCCc1c(F)n(CC)c(=O)n1Cc1ccc(-c2ccccc2C(=O)O)cc1. The van der Waals surface area contributed by atoms with Gasteiger partial charge in [0.2, 0.25) is 5.95 Å². The molecule has 0 amide bonds. The maximum Gasteiger partial charge on any atom is 0.336 e. The Kier molecular flexibility index (Phi) is 5.78. The summed E-state index contributed by atoms with van der Waals surface area (Å²) in [6.07, 6.45) is 1.24. The van der Waals surface area contributed by atoms with Gasteiger partial charge in [-0.15, -0.1) is 0 Å². The van der Waals surface area contributed by atoms with Crippen LogP contribution in [0.15, 0.2) is 53.3 Å². The van der Waals surface area contributed by atoms with Crippen molar-refractivity contribution in [2.45, 2.75) is 39.8 Å². The van der Waals surface area contributed by atoms with E-state index in [1.54, 1.807) is 31.2 Å². The van der Waals surface area contributed by atoms with Crippen molar-refractivity contribution in [2.24, 2.45) is 0 Å². The van der Waals surface area contributed by atoms with Crippen LogP contribution in [0.25, 0.3) is 11.1 Å². The van der Waals surface area contributed by atoms with Crippen LogP contribution in [-0.2, 0) is 19.5 Å². The fourth-order valence-corrected chi connectivity index (χ4v) is 3.42. The molecule has 0 aliphatic rings. The average molecular weight is 382 g/mol. The molecule has 0 bridgehead atoms. The Bertz CT molecular complexity index is 1050. The molecule has 3 rings (SSSR count). The van der Waals surface area contributed by atoms with E-state index >= 15 is 0 Å². The van der Waals surface area contributed by atoms with Crippen molar-refractivity contribution in [3.63, 3.8) is 0 Å². The summed E-state index contributed by atoms with van der Waals surface area (Å²) >= 11 is 0. The molecular weight excluding hydrogens is 359 g/mol. The van der Waals surface area contributed by atoms with Crippen LogP contribution in [0.2, 0.25) is 0 Å². The first-order valence-corrected chi connectivity index (χ1v) is 9.37. The largest absolute Gasteiger partial charge is 0.478 e. The van der Waals surface area contributed by atoms with Gasteiger partial charge in [0.15, 0.2) is 0 Å². The van der Waals surface area contributed by atoms with E-state index in [0.29, 0.717) is 24.2 Å². The van der Waals surface area contributed by atoms with Gasteiger partial charge >= 0.3 is 11.7 Å². The van der Waals surface area contributed by atoms with Crippen molar-refractivity contribution < 1.29 is 14.3 Å². The van der Waals surface area contributed by atoms with E-state index in [1.807, 2.05) is 31.2 Å². The molecule has 0 saturated carbocycles. The minimum Gasteiger partial charge on any atom is -0.478 e. The number of imidazole rings is 1. The van der Waals surface area contributed by atoms with Crippen molar-refractivity contribution in [1.29, 1.82) is 0 Å². The molecule has 0 radical (unpaired) electrons. The quantitative estimate of drug-likeness (QED) is 0.667. The minimum atomic E-state index is -0.980. The molecule has 0 aliphatic heterocycles. The number of benzene rings is 2. The predicted octanol–water partition coefficient (Wildman–Crippen LogP) is 4.17. The lowest BCUT2D eigenvalue weighted by molar-refractivity contribution is 0.0697. The molecule has 0 saturated heterocycles. The molecule has 1 aromatic heterocycles. The lowest BCUT2D eigenvalue weighted by Crippen LogP contribution is -2.25. The smallest absolute Gasteiger partial charge is 0.336 e. The van der Waals surface area contributed by atoms with Gasteiger partial charge in [-0.1, -0.05) is 55.8 Å². The number of rotatable bonds is 7. The third-order valence-electron chi connectivity index (χ3n) is 4.83. The summed E-state index contributed by atoms with van der Waals surface area (Å²) in [7, 11) is 0. The Morgan fingerprint density at radius 3 is 2.32 bits per heavy atom. The van der Waals surface area contributed by atoms with Crippen LogP contribution < -0.4 is 5.69 Å². The van der Waals surface area contributed by atoms with Crippen molar-refractivity contribution >= 4 is 5.97 Å². The number of nitrogens with zero attached hydrogens (tertiary/aromatic N) is 2. The average Bonchev–Trinajstić information content (AvgIpc) is 2.92. The van der Waals surface area contributed by atoms with Crippen LogP contribution in [0.3, 0.4) is 0 Å². The summed E-state index contributed by atoms with van der Waals surface area (Å²) in [6.45, 7) is 4.27. The minimum absolute atomic E-state index is 0.235. The number of carboxylic acids is 1. The zero-order valence-electron chi connectivity index (χ0n) is 16.0. The van der Waals surface area contributed by atoms with E-state index in [4.69, 9.17) is 0 Å². The standard InChI is InChI=1S/C22H23FN2O3/c1-3-7-19-20(23)24(4-2)22(28)25(19)14-15-10-12-16(13-11-15)17-8-5-6-9-18(17)21(26)27/h5-6,8-13H,3-4,7,14H2,1-2H3,(H,26,27). The molecule has 2 aromatic carbocycles. The van der Waals surface area contributed by atoms with E-state index in [2.05, 4.69) is 0 Å². The maximum absolute atomic E-state index is 14.5. The molecule has 0 atom stereocenters. The second kappa shape index (κ2) is 8.25. The van der Waals surface area contributed by atoms with Gasteiger partial charge in [0, 0.05) is 6.54 Å². The molecule has 0 fully saturated rings. The van der Waals surface area contributed by atoms with Gasteiger partial charge in [-0.2, -0.15) is 4.39 Å². The Labute approximate surface area is 162 Å². The highest BCUT2D eigenvalue weighted by Crippen LogP contribution is 2.24. The van der Waals surface area contributed by atoms with Crippen molar-refractivity contribution in [1.82, 2.24) is 9.13 Å². The van der Waals surface area contributed by atoms with E-state index in [9.17, 15) is 19.1 Å². The molecule has 146 valence electrons. The molecule has 0 aliphatic carbocycles. The first-order chi connectivity index (χ1) is 13.5. The lowest BCUT2D eigenvalue weighted by atomic mass is 9.99. The van der Waals surface area contributed by atoms with Gasteiger partial charge in [0.05, 0.1) is 17.8 Å². The van der Waals surface area contributed by atoms with Crippen LogP contribution in [-0.4, -0.2) is 20.2 Å². The first kappa shape index (κ1) is 19.6. The molecule has 6 heteroatoms. The highest BCUT2D eigenvalue weighted by Gasteiger charge is 2.18. The summed E-state index contributed by atoms with van der Waals surface area (Å²) < 4.78 is 17.2. The third-order valence-corrected chi connectivity index (χ3v) is 4.83. The fraction of sp³-hybridized carbons (Fsp3) is 0.273. The molecule has 0 unspecified atom stereocenters. The summed E-state index contributed by atoms with van der Waals surface area (Å²) in [5.74, 6) is -1.44. The van der Waals surface area contributed by atoms with E-state index < -0.39 is 11.9 Å². The second-order valence-corrected chi connectivity index (χ2v) is 6.65. The van der Waals surface area contributed by atoms with Crippen LogP contribution in [0.5, 0.6) is 0 Å². The monoisotopic (exact) mass is 382 g/mol. The molecule has 28 heavy (non-hydrogen) atoms. The highest BCUT2D eigenvalue weighted by atomic mass is 19.1. The van der Waals surface area contributed by atoms with Crippen LogP contribution in [0.1, 0.15) is 41.9 Å². The van der Waals surface area contributed by atoms with E-state index in [-0.39, 0.29) is 17.8 Å². The predicted molar refractivity (Wildman–Crippen MR) is 106 cm³/mol. The molecule has 5 nitrogen and oxygen atoms in total. The summed E-state index contributed by atoms with van der Waals surface area (Å²) in [6, 6.07) is 14.2. The molecule has 3 aromatic rings. The fourth-order valence-electron chi connectivity index (χ4n) is 3.42. The van der Waals surface area contributed by atoms with E-state index in [1.165, 1.54) is 4.57 Å². The third kappa shape index (κ3) is 3.63. The summed E-state index contributed by atoms with van der Waals surface area (Å²) in [4.78, 5) is 24.0. The Morgan fingerprint density at radius 2 is 1.71 bits per heavy atom. The number of hydrogen-bond donors (Lipinski definition) is 1. The zero-order valence-corrected chi connectivity index (χ0v) is 16.0. The van der Waals surface area contributed by atoms with Gasteiger partial charge in [-0.05, 0) is 36.1 Å². The van der Waals surface area contributed by atoms with Crippen LogP contribution >= 0.6 is 0 Å². The van der Waals surface area contributed by atoms with Gasteiger partial charge in [-0.3, -0.25) is 9.13 Å². The number of aromatic carboxylic acids is 1. The molecule has 1 N–H and O–H groups in total. The number of halogens is 1.